The van der Waals surface area contributed by atoms with E-state index < -0.39 is 5.60 Å². The predicted octanol–water partition coefficient (Wildman–Crippen LogP) is 2.17. The molecule has 1 aliphatic heterocycles. The molecule has 1 fully saturated rings. The molecular weight excluding hydrogens is 246 g/mol. The number of likely N-dealkylation sites (tertiary alicyclic amines) is 1. The van der Waals surface area contributed by atoms with Crippen molar-refractivity contribution in [1.29, 1.82) is 0 Å². The molecule has 1 N–H and O–H groups in total. The summed E-state index contributed by atoms with van der Waals surface area (Å²) in [5.41, 5.74) is -0.783. The molecule has 0 aromatic rings. The number of hydrogen-bond donors (Lipinski definition) is 1. The zero-order valence-corrected chi connectivity index (χ0v) is 12.9. The lowest BCUT2D eigenvalue weighted by atomic mass is 10.1. The van der Waals surface area contributed by atoms with Crippen molar-refractivity contribution < 1.29 is 19.4 Å². The quantitative estimate of drug-likeness (QED) is 0.837. The summed E-state index contributed by atoms with van der Waals surface area (Å²) in [7, 11) is 0. The van der Waals surface area contributed by atoms with E-state index >= 15 is 0 Å². The maximum atomic E-state index is 12.1. The summed E-state index contributed by atoms with van der Waals surface area (Å²) < 4.78 is 11.2. The fraction of sp³-hybridized carbons (Fsp3) is 0.929. The Bertz CT molecular complexity index is 316. The first-order chi connectivity index (χ1) is 8.52. The lowest BCUT2D eigenvalue weighted by Crippen LogP contribution is -2.41. The molecule has 0 aromatic heterocycles. The summed E-state index contributed by atoms with van der Waals surface area (Å²) in [6, 6.07) is -0.220. The van der Waals surface area contributed by atoms with Crippen molar-refractivity contribution in [3.8, 4) is 0 Å². The van der Waals surface area contributed by atoms with Gasteiger partial charge in [0.25, 0.3) is 0 Å². The molecular formula is C14H27NO4. The van der Waals surface area contributed by atoms with Gasteiger partial charge in [0.15, 0.2) is 0 Å². The van der Waals surface area contributed by atoms with Crippen molar-refractivity contribution in [2.75, 3.05) is 13.2 Å². The van der Waals surface area contributed by atoms with Crippen LogP contribution in [-0.4, -0.2) is 52.6 Å². The van der Waals surface area contributed by atoms with Crippen molar-refractivity contribution in [2.24, 2.45) is 0 Å². The van der Waals surface area contributed by atoms with E-state index in [1.165, 1.54) is 0 Å². The van der Waals surface area contributed by atoms with Crippen LogP contribution in [0, 0.1) is 0 Å². The fourth-order valence-electron chi connectivity index (χ4n) is 2.18. The standard InChI is InChI=1S/C14H27NO4/c1-13(2,3)18-11-7-10(9-16)15(8-11)12(17)19-14(4,5)6/h10-11,16H,7-9H2,1-6H3/t10-,11-/m0/s1. The first kappa shape index (κ1) is 16.2. The van der Waals surface area contributed by atoms with Crippen molar-refractivity contribution >= 4 is 6.09 Å². The van der Waals surface area contributed by atoms with Gasteiger partial charge in [-0.15, -0.1) is 0 Å². The molecule has 0 radical (unpaired) electrons. The highest BCUT2D eigenvalue weighted by atomic mass is 16.6. The van der Waals surface area contributed by atoms with Gasteiger partial charge < -0.3 is 19.5 Å². The smallest absolute Gasteiger partial charge is 0.410 e. The number of ether oxygens (including phenoxy) is 2. The molecule has 1 rings (SSSR count). The Labute approximate surface area is 115 Å². The van der Waals surface area contributed by atoms with Gasteiger partial charge in [-0.3, -0.25) is 0 Å². The highest BCUT2D eigenvalue weighted by molar-refractivity contribution is 5.69. The van der Waals surface area contributed by atoms with Crippen molar-refractivity contribution in [3.05, 3.63) is 0 Å². The van der Waals surface area contributed by atoms with Gasteiger partial charge in [-0.2, -0.15) is 0 Å². The van der Waals surface area contributed by atoms with Crippen LogP contribution in [0.2, 0.25) is 0 Å². The number of rotatable bonds is 2. The molecule has 1 saturated heterocycles. The van der Waals surface area contributed by atoms with E-state index in [2.05, 4.69) is 0 Å². The van der Waals surface area contributed by atoms with Crippen molar-refractivity contribution in [2.45, 2.75) is 71.3 Å². The molecule has 0 aromatic carbocycles. The van der Waals surface area contributed by atoms with Gasteiger partial charge in [0.05, 0.1) is 30.9 Å². The normalized spacial score (nSPS) is 24.7. The van der Waals surface area contributed by atoms with E-state index in [4.69, 9.17) is 9.47 Å². The molecule has 0 spiro atoms. The molecule has 1 amide bonds. The third-order valence-corrected chi connectivity index (χ3v) is 2.74. The van der Waals surface area contributed by atoms with Crippen molar-refractivity contribution in [1.82, 2.24) is 4.90 Å². The molecule has 0 bridgehead atoms. The van der Waals surface area contributed by atoms with Crippen LogP contribution in [0.15, 0.2) is 0 Å². The second-order valence-corrected chi connectivity index (χ2v) is 7.06. The Kier molecular flexibility index (Phi) is 4.85. The van der Waals surface area contributed by atoms with Gasteiger partial charge >= 0.3 is 6.09 Å². The topological polar surface area (TPSA) is 59.0 Å². The third-order valence-electron chi connectivity index (χ3n) is 2.74. The number of carbonyl (C=O) groups excluding carboxylic acids is 1. The van der Waals surface area contributed by atoms with Crippen molar-refractivity contribution in [3.63, 3.8) is 0 Å². The average Bonchev–Trinajstić information content (AvgIpc) is 2.55. The summed E-state index contributed by atoms with van der Waals surface area (Å²) in [5, 5.41) is 9.39. The minimum Gasteiger partial charge on any atom is -0.444 e. The number of hydrogen-bond acceptors (Lipinski definition) is 4. The van der Waals surface area contributed by atoms with Crippen LogP contribution >= 0.6 is 0 Å². The third kappa shape index (κ3) is 5.37. The highest BCUT2D eigenvalue weighted by Crippen LogP contribution is 2.26. The summed E-state index contributed by atoms with van der Waals surface area (Å²) in [6.07, 6.45) is 0.212. The van der Waals surface area contributed by atoms with E-state index in [1.54, 1.807) is 4.90 Å². The zero-order chi connectivity index (χ0) is 14.8. The fourth-order valence-corrected chi connectivity index (χ4v) is 2.18. The maximum absolute atomic E-state index is 12.1. The lowest BCUT2D eigenvalue weighted by molar-refractivity contribution is -0.0550. The summed E-state index contributed by atoms with van der Waals surface area (Å²) in [4.78, 5) is 13.6. The SMILES string of the molecule is CC(C)(C)OC(=O)N1C[C@@H](OC(C)(C)C)C[C@H]1CO. The van der Waals surface area contributed by atoms with Crippen LogP contribution in [0.25, 0.3) is 0 Å². The van der Waals surface area contributed by atoms with Gasteiger partial charge in [0.1, 0.15) is 5.60 Å². The Morgan fingerprint density at radius 1 is 1.21 bits per heavy atom. The molecule has 0 unspecified atom stereocenters. The van der Waals surface area contributed by atoms with E-state index in [9.17, 15) is 9.90 Å². The second kappa shape index (κ2) is 5.67. The first-order valence-corrected chi connectivity index (χ1v) is 6.80. The second-order valence-electron chi connectivity index (χ2n) is 7.06. The van der Waals surface area contributed by atoms with E-state index in [0.29, 0.717) is 13.0 Å². The molecule has 0 saturated carbocycles. The molecule has 1 heterocycles. The number of aliphatic hydroxyl groups is 1. The van der Waals surface area contributed by atoms with Crippen LogP contribution < -0.4 is 0 Å². The van der Waals surface area contributed by atoms with Crippen LogP contribution in [-0.2, 0) is 9.47 Å². The minimum absolute atomic E-state index is 0.0512. The molecule has 0 aliphatic carbocycles. The molecule has 1 aliphatic rings. The zero-order valence-electron chi connectivity index (χ0n) is 12.9. The van der Waals surface area contributed by atoms with Gasteiger partial charge in [-0.05, 0) is 48.0 Å². The molecule has 5 heteroatoms. The van der Waals surface area contributed by atoms with Gasteiger partial charge in [-0.25, -0.2) is 4.79 Å². The minimum atomic E-state index is -0.528. The number of aliphatic hydroxyl groups excluding tert-OH is 1. The number of carbonyl (C=O) groups is 1. The number of nitrogens with zero attached hydrogens (tertiary/aromatic N) is 1. The Hall–Kier alpha value is -0.810. The van der Waals surface area contributed by atoms with Gasteiger partial charge in [0.2, 0.25) is 0 Å². The van der Waals surface area contributed by atoms with Gasteiger partial charge in [-0.1, -0.05) is 0 Å². The maximum Gasteiger partial charge on any atom is 0.410 e. The summed E-state index contributed by atoms with van der Waals surface area (Å²) >= 11 is 0. The molecule has 5 nitrogen and oxygen atoms in total. The van der Waals surface area contributed by atoms with Crippen LogP contribution in [0.5, 0.6) is 0 Å². The van der Waals surface area contributed by atoms with E-state index in [0.717, 1.165) is 0 Å². The van der Waals surface area contributed by atoms with Crippen LogP contribution in [0.1, 0.15) is 48.0 Å². The Morgan fingerprint density at radius 2 is 1.79 bits per heavy atom. The molecule has 2 atom stereocenters. The Morgan fingerprint density at radius 3 is 2.21 bits per heavy atom. The van der Waals surface area contributed by atoms with E-state index in [-0.39, 0.29) is 30.4 Å². The first-order valence-electron chi connectivity index (χ1n) is 6.80. The molecule has 112 valence electrons. The average molecular weight is 273 g/mol. The Balaban J connectivity index is 2.65. The van der Waals surface area contributed by atoms with Crippen LogP contribution in [0.4, 0.5) is 4.79 Å². The van der Waals surface area contributed by atoms with Gasteiger partial charge in [0, 0.05) is 0 Å². The summed E-state index contributed by atoms with van der Waals surface area (Å²) in [5.74, 6) is 0. The summed E-state index contributed by atoms with van der Waals surface area (Å²) in [6.45, 7) is 11.8. The largest absolute Gasteiger partial charge is 0.444 e. The van der Waals surface area contributed by atoms with E-state index in [1.807, 2.05) is 41.5 Å². The lowest BCUT2D eigenvalue weighted by Gasteiger charge is -2.28. The number of amides is 1. The molecule has 19 heavy (non-hydrogen) atoms. The highest BCUT2D eigenvalue weighted by Gasteiger charge is 2.39. The monoisotopic (exact) mass is 273 g/mol. The van der Waals surface area contributed by atoms with Crippen LogP contribution in [0.3, 0.4) is 0 Å². The predicted molar refractivity (Wildman–Crippen MR) is 73.1 cm³/mol.